The number of benzene rings is 1. The lowest BCUT2D eigenvalue weighted by Crippen LogP contribution is -2.42. The van der Waals surface area contributed by atoms with Gasteiger partial charge in [0.15, 0.2) is 0 Å². The molecular weight excluding hydrogens is 312 g/mol. The molecule has 1 saturated carbocycles. The molecule has 2 aromatic rings. The van der Waals surface area contributed by atoms with Gasteiger partial charge in [0.05, 0.1) is 18.4 Å². The Bertz CT molecular complexity index is 740. The number of nitrogens with zero attached hydrogens (tertiary/aromatic N) is 2. The number of rotatable bonds is 3. The van der Waals surface area contributed by atoms with Crippen LogP contribution in [0.2, 0.25) is 0 Å². The van der Waals surface area contributed by atoms with E-state index in [1.807, 2.05) is 6.20 Å². The first-order valence-corrected chi connectivity index (χ1v) is 9.74. The van der Waals surface area contributed by atoms with Crippen molar-refractivity contribution in [2.24, 2.45) is 5.92 Å². The molecule has 0 radical (unpaired) electrons. The molecule has 5 rings (SSSR count). The molecule has 0 bridgehead atoms. The topological polar surface area (TPSA) is 38.5 Å². The molecule has 0 unspecified atom stereocenters. The summed E-state index contributed by atoms with van der Waals surface area (Å²) in [5.74, 6) is 1.86. The second-order valence-electron chi connectivity index (χ2n) is 7.89. The first-order chi connectivity index (χ1) is 12.3. The number of hydrogen-bond donors (Lipinski definition) is 0. The Morgan fingerprint density at radius 3 is 2.76 bits per heavy atom. The highest BCUT2D eigenvalue weighted by molar-refractivity contribution is 5.38. The van der Waals surface area contributed by atoms with Gasteiger partial charge in [-0.05, 0) is 29.9 Å². The lowest BCUT2D eigenvalue weighted by Gasteiger charge is -2.38. The quantitative estimate of drug-likeness (QED) is 0.830. The molecule has 132 valence electrons. The van der Waals surface area contributed by atoms with Crippen LogP contribution >= 0.6 is 0 Å². The average Bonchev–Trinajstić information content (AvgIpc) is 3.39. The summed E-state index contributed by atoms with van der Waals surface area (Å²) in [4.78, 5) is 6.85. The molecule has 3 heterocycles. The Morgan fingerprint density at radius 1 is 1.12 bits per heavy atom. The van der Waals surface area contributed by atoms with Crippen LogP contribution in [0.3, 0.4) is 0 Å². The van der Waals surface area contributed by atoms with Crippen LogP contribution in [0.4, 0.5) is 6.01 Å². The fourth-order valence-electron chi connectivity index (χ4n) is 4.89. The highest BCUT2D eigenvalue weighted by atomic mass is 16.5. The highest BCUT2D eigenvalue weighted by Gasteiger charge is 2.43. The molecular formula is C21H26N2O2. The Hall–Kier alpha value is -1.81. The first kappa shape index (κ1) is 15.4. The van der Waals surface area contributed by atoms with Gasteiger partial charge in [0.1, 0.15) is 5.76 Å². The summed E-state index contributed by atoms with van der Waals surface area (Å²) in [6, 6.07) is 9.47. The number of anilines is 1. The third kappa shape index (κ3) is 2.77. The van der Waals surface area contributed by atoms with E-state index in [0.29, 0.717) is 0 Å². The van der Waals surface area contributed by atoms with Crippen LogP contribution in [-0.4, -0.2) is 18.1 Å². The molecule has 1 aromatic carbocycles. The van der Waals surface area contributed by atoms with Gasteiger partial charge in [0.2, 0.25) is 0 Å². The molecule has 2 aliphatic heterocycles. The largest absolute Gasteiger partial charge is 0.429 e. The van der Waals surface area contributed by atoms with E-state index in [0.717, 1.165) is 56.7 Å². The van der Waals surface area contributed by atoms with Crippen LogP contribution < -0.4 is 4.90 Å². The van der Waals surface area contributed by atoms with Crippen LogP contribution in [0.15, 0.2) is 34.9 Å². The predicted octanol–water partition coefficient (Wildman–Crippen LogP) is 4.43. The van der Waals surface area contributed by atoms with Gasteiger partial charge < -0.3 is 14.1 Å². The molecule has 0 N–H and O–H groups in total. The minimum absolute atomic E-state index is 0.0909. The van der Waals surface area contributed by atoms with Crippen molar-refractivity contribution in [1.29, 1.82) is 0 Å². The van der Waals surface area contributed by atoms with Gasteiger partial charge in [-0.2, -0.15) is 0 Å². The molecule has 3 aliphatic rings. The summed E-state index contributed by atoms with van der Waals surface area (Å²) in [5, 5.41) is 0. The van der Waals surface area contributed by atoms with Gasteiger partial charge in [-0.3, -0.25) is 0 Å². The van der Waals surface area contributed by atoms with Crippen molar-refractivity contribution in [3.05, 3.63) is 47.3 Å². The molecule has 25 heavy (non-hydrogen) atoms. The zero-order valence-corrected chi connectivity index (χ0v) is 14.7. The number of piperidine rings is 1. The van der Waals surface area contributed by atoms with Gasteiger partial charge in [-0.15, -0.1) is 0 Å². The van der Waals surface area contributed by atoms with Gasteiger partial charge in [0, 0.05) is 19.5 Å². The van der Waals surface area contributed by atoms with Crippen molar-refractivity contribution < 1.29 is 9.15 Å². The average molecular weight is 338 g/mol. The number of aromatic nitrogens is 1. The van der Waals surface area contributed by atoms with E-state index in [4.69, 9.17) is 9.15 Å². The Morgan fingerprint density at radius 2 is 1.92 bits per heavy atom. The number of fused-ring (bicyclic) bond motifs is 2. The van der Waals surface area contributed by atoms with E-state index in [-0.39, 0.29) is 5.60 Å². The molecule has 0 atom stereocenters. The molecule has 1 saturated heterocycles. The summed E-state index contributed by atoms with van der Waals surface area (Å²) in [6.45, 7) is 2.64. The SMILES string of the molecule is c1ccc2c(c1)COC21CCN(c2ncc(CC3CCCC3)o2)CC1. The molecule has 0 amide bonds. The second-order valence-corrected chi connectivity index (χ2v) is 7.89. The zero-order chi connectivity index (χ0) is 16.7. The van der Waals surface area contributed by atoms with E-state index < -0.39 is 0 Å². The molecule has 1 aromatic heterocycles. The fraction of sp³-hybridized carbons (Fsp3) is 0.571. The minimum atomic E-state index is -0.0909. The highest BCUT2D eigenvalue weighted by Crippen LogP contribution is 2.44. The molecule has 4 heteroatoms. The molecule has 1 aliphatic carbocycles. The van der Waals surface area contributed by atoms with Crippen molar-refractivity contribution in [2.45, 2.75) is 57.2 Å². The Balaban J connectivity index is 1.26. The van der Waals surface area contributed by atoms with Crippen molar-refractivity contribution in [2.75, 3.05) is 18.0 Å². The van der Waals surface area contributed by atoms with E-state index in [9.17, 15) is 0 Å². The van der Waals surface area contributed by atoms with Crippen molar-refractivity contribution in [1.82, 2.24) is 4.98 Å². The molecule has 4 nitrogen and oxygen atoms in total. The van der Waals surface area contributed by atoms with E-state index in [1.165, 1.54) is 36.8 Å². The second kappa shape index (κ2) is 6.17. The van der Waals surface area contributed by atoms with E-state index in [2.05, 4.69) is 34.1 Å². The maximum atomic E-state index is 6.25. The normalized spacial score (nSPS) is 22.6. The number of hydrogen-bond acceptors (Lipinski definition) is 4. The van der Waals surface area contributed by atoms with E-state index >= 15 is 0 Å². The molecule has 2 fully saturated rings. The smallest absolute Gasteiger partial charge is 0.297 e. The maximum Gasteiger partial charge on any atom is 0.297 e. The van der Waals surface area contributed by atoms with Gasteiger partial charge in [-0.1, -0.05) is 49.9 Å². The summed E-state index contributed by atoms with van der Waals surface area (Å²) < 4.78 is 12.3. The lowest BCUT2D eigenvalue weighted by atomic mass is 9.84. The summed E-state index contributed by atoms with van der Waals surface area (Å²) in [7, 11) is 0. The number of oxazole rings is 1. The molecule has 1 spiro atoms. The third-order valence-electron chi connectivity index (χ3n) is 6.36. The van der Waals surface area contributed by atoms with Gasteiger partial charge >= 0.3 is 0 Å². The van der Waals surface area contributed by atoms with Crippen LogP contribution in [0.1, 0.15) is 55.4 Å². The van der Waals surface area contributed by atoms with Gasteiger partial charge in [0.25, 0.3) is 6.01 Å². The lowest BCUT2D eigenvalue weighted by molar-refractivity contribution is -0.0555. The number of ether oxygens (including phenoxy) is 1. The third-order valence-corrected chi connectivity index (χ3v) is 6.36. The maximum absolute atomic E-state index is 6.25. The summed E-state index contributed by atoms with van der Waals surface area (Å²) in [6.07, 6.45) is 10.5. The Kier molecular flexibility index (Phi) is 3.81. The van der Waals surface area contributed by atoms with Crippen LogP contribution in [0.25, 0.3) is 0 Å². The minimum Gasteiger partial charge on any atom is -0.429 e. The van der Waals surface area contributed by atoms with Crippen LogP contribution in [-0.2, 0) is 23.4 Å². The fourth-order valence-corrected chi connectivity index (χ4v) is 4.89. The zero-order valence-electron chi connectivity index (χ0n) is 14.7. The predicted molar refractivity (Wildman–Crippen MR) is 96.5 cm³/mol. The van der Waals surface area contributed by atoms with Crippen LogP contribution in [0, 0.1) is 5.92 Å². The van der Waals surface area contributed by atoms with Crippen molar-refractivity contribution in [3.63, 3.8) is 0 Å². The summed E-state index contributed by atoms with van der Waals surface area (Å²) in [5.41, 5.74) is 2.65. The van der Waals surface area contributed by atoms with Crippen molar-refractivity contribution >= 4 is 6.01 Å². The van der Waals surface area contributed by atoms with Gasteiger partial charge in [-0.25, -0.2) is 4.98 Å². The Labute approximate surface area is 149 Å². The van der Waals surface area contributed by atoms with Crippen molar-refractivity contribution in [3.8, 4) is 0 Å². The first-order valence-electron chi connectivity index (χ1n) is 9.74. The monoisotopic (exact) mass is 338 g/mol. The van der Waals surface area contributed by atoms with E-state index in [1.54, 1.807) is 0 Å². The standard InChI is InChI=1S/C21H26N2O2/c1-2-6-16(5-1)13-18-14-22-20(25-18)23-11-9-21(10-12-23)19-8-4-3-7-17(19)15-24-21/h3-4,7-8,14,16H,1-2,5-6,9-13,15H2. The summed E-state index contributed by atoms with van der Waals surface area (Å²) >= 11 is 0. The van der Waals surface area contributed by atoms with Crippen LogP contribution in [0.5, 0.6) is 0 Å².